The molecule has 0 radical (unpaired) electrons. The van der Waals surface area contributed by atoms with Crippen LogP contribution in [0.15, 0.2) is 12.3 Å². The van der Waals surface area contributed by atoms with Gasteiger partial charge in [0.05, 0.1) is 18.2 Å². The standard InChI is InChI=1S/C11H16N4O2/c1-2-15-7-8(5-10(15)16)11(17)12-6-9-3-4-13-14-9/h3-4,8H,2,5-7H2,1H3,(H,12,17)(H,13,14). The van der Waals surface area contributed by atoms with Crippen LogP contribution in [-0.2, 0) is 16.1 Å². The van der Waals surface area contributed by atoms with Gasteiger partial charge < -0.3 is 10.2 Å². The highest BCUT2D eigenvalue weighted by Gasteiger charge is 2.33. The molecule has 1 fully saturated rings. The van der Waals surface area contributed by atoms with Gasteiger partial charge in [0.1, 0.15) is 0 Å². The summed E-state index contributed by atoms with van der Waals surface area (Å²) in [5.74, 6) is -0.219. The van der Waals surface area contributed by atoms with Gasteiger partial charge in [0.2, 0.25) is 11.8 Å². The fourth-order valence-electron chi connectivity index (χ4n) is 1.96. The van der Waals surface area contributed by atoms with Crippen LogP contribution in [0.2, 0.25) is 0 Å². The van der Waals surface area contributed by atoms with E-state index in [0.717, 1.165) is 5.69 Å². The average Bonchev–Trinajstić information content (AvgIpc) is 2.94. The normalized spacial score (nSPS) is 19.7. The minimum Gasteiger partial charge on any atom is -0.350 e. The van der Waals surface area contributed by atoms with Crippen LogP contribution in [0.3, 0.4) is 0 Å². The first kappa shape index (κ1) is 11.6. The molecule has 6 heteroatoms. The van der Waals surface area contributed by atoms with Crippen LogP contribution in [-0.4, -0.2) is 40.0 Å². The Morgan fingerprint density at radius 3 is 3.12 bits per heavy atom. The molecule has 92 valence electrons. The van der Waals surface area contributed by atoms with Crippen LogP contribution in [0.4, 0.5) is 0 Å². The first-order valence-corrected chi connectivity index (χ1v) is 5.74. The monoisotopic (exact) mass is 236 g/mol. The quantitative estimate of drug-likeness (QED) is 0.766. The maximum atomic E-state index is 11.8. The second-order valence-electron chi connectivity index (χ2n) is 4.13. The molecule has 0 saturated carbocycles. The Bertz CT molecular complexity index is 402. The van der Waals surface area contributed by atoms with Crippen LogP contribution < -0.4 is 5.32 Å². The zero-order chi connectivity index (χ0) is 12.3. The molecule has 2 heterocycles. The van der Waals surface area contributed by atoms with Gasteiger partial charge in [0.25, 0.3) is 0 Å². The number of nitrogens with one attached hydrogen (secondary N) is 2. The number of hydrogen-bond donors (Lipinski definition) is 2. The highest BCUT2D eigenvalue weighted by molar-refractivity contribution is 5.89. The number of aromatic amines is 1. The van der Waals surface area contributed by atoms with Gasteiger partial charge in [-0.05, 0) is 13.0 Å². The van der Waals surface area contributed by atoms with Crippen molar-refractivity contribution in [1.82, 2.24) is 20.4 Å². The molecule has 0 aromatic carbocycles. The number of nitrogens with zero attached hydrogens (tertiary/aromatic N) is 2. The summed E-state index contributed by atoms with van der Waals surface area (Å²) in [4.78, 5) is 25.0. The zero-order valence-corrected chi connectivity index (χ0v) is 9.77. The Labute approximate surface area is 99.4 Å². The molecule has 6 nitrogen and oxygen atoms in total. The second kappa shape index (κ2) is 4.99. The number of carbonyl (C=O) groups excluding carboxylic acids is 2. The van der Waals surface area contributed by atoms with E-state index in [2.05, 4.69) is 15.5 Å². The predicted octanol–water partition coefficient (Wildman–Crippen LogP) is -0.106. The zero-order valence-electron chi connectivity index (χ0n) is 9.77. The molecule has 1 aliphatic rings. The maximum Gasteiger partial charge on any atom is 0.225 e. The van der Waals surface area contributed by atoms with E-state index in [1.165, 1.54) is 0 Å². The number of amides is 2. The molecule has 1 atom stereocenters. The molecule has 1 aliphatic heterocycles. The lowest BCUT2D eigenvalue weighted by Crippen LogP contribution is -2.32. The van der Waals surface area contributed by atoms with Crippen molar-refractivity contribution in [3.8, 4) is 0 Å². The molecule has 2 rings (SSSR count). The number of H-pyrrole nitrogens is 1. The van der Waals surface area contributed by atoms with Gasteiger partial charge in [-0.25, -0.2) is 0 Å². The molecule has 2 N–H and O–H groups in total. The van der Waals surface area contributed by atoms with Crippen molar-refractivity contribution in [2.75, 3.05) is 13.1 Å². The summed E-state index contributed by atoms with van der Waals surface area (Å²) in [5.41, 5.74) is 0.857. The molecule has 2 amide bonds. The van der Waals surface area contributed by atoms with E-state index in [1.807, 2.05) is 6.92 Å². The van der Waals surface area contributed by atoms with Crippen molar-refractivity contribution in [2.24, 2.45) is 5.92 Å². The van der Waals surface area contributed by atoms with Gasteiger partial charge >= 0.3 is 0 Å². The highest BCUT2D eigenvalue weighted by Crippen LogP contribution is 2.17. The number of likely N-dealkylation sites (tertiary alicyclic amines) is 1. The van der Waals surface area contributed by atoms with Crippen LogP contribution in [0, 0.1) is 5.92 Å². The fraction of sp³-hybridized carbons (Fsp3) is 0.545. The van der Waals surface area contributed by atoms with Crippen molar-refractivity contribution >= 4 is 11.8 Å². The van der Waals surface area contributed by atoms with Crippen molar-refractivity contribution in [2.45, 2.75) is 19.9 Å². The first-order valence-electron chi connectivity index (χ1n) is 5.74. The first-order chi connectivity index (χ1) is 8.20. The number of carbonyl (C=O) groups is 2. The predicted molar refractivity (Wildman–Crippen MR) is 60.8 cm³/mol. The molecule has 0 bridgehead atoms. The fourth-order valence-corrected chi connectivity index (χ4v) is 1.96. The van der Waals surface area contributed by atoms with Crippen LogP contribution in [0.5, 0.6) is 0 Å². The third-order valence-electron chi connectivity index (χ3n) is 2.98. The third-order valence-corrected chi connectivity index (χ3v) is 2.98. The summed E-state index contributed by atoms with van der Waals surface area (Å²) >= 11 is 0. The molecule has 17 heavy (non-hydrogen) atoms. The molecule has 1 aromatic heterocycles. The topological polar surface area (TPSA) is 78.1 Å². The largest absolute Gasteiger partial charge is 0.350 e. The van der Waals surface area contributed by atoms with Crippen molar-refractivity contribution in [3.05, 3.63) is 18.0 Å². The highest BCUT2D eigenvalue weighted by atomic mass is 16.2. The van der Waals surface area contributed by atoms with E-state index in [4.69, 9.17) is 0 Å². The molecule has 0 aliphatic carbocycles. The Kier molecular flexibility index (Phi) is 3.41. The summed E-state index contributed by atoms with van der Waals surface area (Å²) in [7, 11) is 0. The maximum absolute atomic E-state index is 11.8. The smallest absolute Gasteiger partial charge is 0.225 e. The summed E-state index contributed by atoms with van der Waals surface area (Å²) in [5, 5.41) is 9.37. The summed E-state index contributed by atoms with van der Waals surface area (Å²) < 4.78 is 0. The summed E-state index contributed by atoms with van der Waals surface area (Å²) in [6, 6.07) is 1.80. The SMILES string of the molecule is CCN1CC(C(=O)NCc2ccn[nH]2)CC1=O. The Balaban J connectivity index is 1.83. The van der Waals surface area contributed by atoms with Crippen LogP contribution >= 0.6 is 0 Å². The Morgan fingerprint density at radius 1 is 1.71 bits per heavy atom. The lowest BCUT2D eigenvalue weighted by atomic mass is 10.1. The number of hydrogen-bond acceptors (Lipinski definition) is 3. The van der Waals surface area contributed by atoms with Crippen LogP contribution in [0.1, 0.15) is 19.0 Å². The number of rotatable bonds is 4. The second-order valence-corrected chi connectivity index (χ2v) is 4.13. The lowest BCUT2D eigenvalue weighted by molar-refractivity contribution is -0.128. The average molecular weight is 236 g/mol. The Hall–Kier alpha value is -1.85. The minimum absolute atomic E-state index is 0.0641. The van der Waals surface area contributed by atoms with E-state index < -0.39 is 0 Å². The van der Waals surface area contributed by atoms with E-state index in [1.54, 1.807) is 17.2 Å². The molecular weight excluding hydrogens is 220 g/mol. The van der Waals surface area contributed by atoms with E-state index in [0.29, 0.717) is 26.1 Å². The van der Waals surface area contributed by atoms with Crippen LogP contribution in [0.25, 0.3) is 0 Å². The van der Waals surface area contributed by atoms with E-state index >= 15 is 0 Å². The van der Waals surface area contributed by atoms with Gasteiger partial charge in [-0.15, -0.1) is 0 Å². The Morgan fingerprint density at radius 2 is 2.53 bits per heavy atom. The summed E-state index contributed by atoms with van der Waals surface area (Å²) in [6.45, 7) is 3.55. The van der Waals surface area contributed by atoms with Crippen molar-refractivity contribution < 1.29 is 9.59 Å². The molecule has 1 saturated heterocycles. The van der Waals surface area contributed by atoms with Crippen molar-refractivity contribution in [3.63, 3.8) is 0 Å². The van der Waals surface area contributed by atoms with Gasteiger partial charge in [0, 0.05) is 25.7 Å². The van der Waals surface area contributed by atoms with Gasteiger partial charge in [-0.2, -0.15) is 5.10 Å². The van der Waals surface area contributed by atoms with E-state index in [-0.39, 0.29) is 17.7 Å². The molecular formula is C11H16N4O2. The van der Waals surface area contributed by atoms with Gasteiger partial charge in [0.15, 0.2) is 0 Å². The van der Waals surface area contributed by atoms with Gasteiger partial charge in [-0.3, -0.25) is 14.7 Å². The number of aromatic nitrogens is 2. The molecule has 1 unspecified atom stereocenters. The lowest BCUT2D eigenvalue weighted by Gasteiger charge is -2.13. The minimum atomic E-state index is -0.217. The van der Waals surface area contributed by atoms with Crippen molar-refractivity contribution in [1.29, 1.82) is 0 Å². The third kappa shape index (κ3) is 2.64. The summed E-state index contributed by atoms with van der Waals surface area (Å²) in [6.07, 6.45) is 1.96. The van der Waals surface area contributed by atoms with E-state index in [9.17, 15) is 9.59 Å². The molecule has 1 aromatic rings. The molecule has 0 spiro atoms. The van der Waals surface area contributed by atoms with Gasteiger partial charge in [-0.1, -0.05) is 0 Å².